The first-order valence-corrected chi connectivity index (χ1v) is 11.6. The molecule has 8 heteroatoms. The van der Waals surface area contributed by atoms with Gasteiger partial charge in [-0.15, -0.1) is 0 Å². The molecule has 2 aromatic carbocycles. The monoisotopic (exact) mass is 466 g/mol. The molecule has 0 saturated heterocycles. The van der Waals surface area contributed by atoms with Crippen molar-refractivity contribution >= 4 is 18.0 Å². The molecule has 0 spiro atoms. The number of aliphatic carboxylic acids is 1. The maximum Gasteiger partial charge on any atom is 0.407 e. The van der Waals surface area contributed by atoms with Crippen LogP contribution >= 0.6 is 0 Å². The van der Waals surface area contributed by atoms with Crippen molar-refractivity contribution in [3.8, 4) is 11.1 Å². The predicted octanol–water partition coefficient (Wildman–Crippen LogP) is 3.30. The van der Waals surface area contributed by atoms with Crippen LogP contribution in [0.25, 0.3) is 11.1 Å². The zero-order valence-electron chi connectivity index (χ0n) is 19.2. The molecule has 34 heavy (non-hydrogen) atoms. The van der Waals surface area contributed by atoms with E-state index in [1.807, 2.05) is 36.4 Å². The molecule has 2 amide bonds. The van der Waals surface area contributed by atoms with Crippen molar-refractivity contribution in [1.29, 1.82) is 0 Å². The van der Waals surface area contributed by atoms with Gasteiger partial charge in [0.2, 0.25) is 0 Å². The minimum Gasteiger partial charge on any atom is -0.481 e. The summed E-state index contributed by atoms with van der Waals surface area (Å²) in [5, 5.41) is 14.7. The highest BCUT2D eigenvalue weighted by atomic mass is 16.5. The number of fused-ring (bicyclic) bond motifs is 3. The summed E-state index contributed by atoms with van der Waals surface area (Å²) < 4.78 is 10.8. The van der Waals surface area contributed by atoms with Gasteiger partial charge >= 0.3 is 12.1 Å². The number of hydrogen-bond acceptors (Lipinski definition) is 5. The Bertz CT molecular complexity index is 1010. The lowest BCUT2D eigenvalue weighted by atomic mass is 9.85. The number of carboxylic acid groups (broad SMARTS) is 1. The molecular formula is C26H30N2O6. The predicted molar refractivity (Wildman–Crippen MR) is 125 cm³/mol. The van der Waals surface area contributed by atoms with E-state index in [1.165, 1.54) is 7.11 Å². The second kappa shape index (κ2) is 10.7. The van der Waals surface area contributed by atoms with Gasteiger partial charge in [-0.1, -0.05) is 55.0 Å². The zero-order valence-corrected chi connectivity index (χ0v) is 19.2. The summed E-state index contributed by atoms with van der Waals surface area (Å²) in [5.41, 5.74) is 4.54. The van der Waals surface area contributed by atoms with Gasteiger partial charge in [0.25, 0.3) is 5.91 Å². The highest BCUT2D eigenvalue weighted by Gasteiger charge is 2.31. The van der Waals surface area contributed by atoms with Gasteiger partial charge in [0.15, 0.2) is 6.10 Å². The van der Waals surface area contributed by atoms with Crippen molar-refractivity contribution in [2.75, 3.05) is 20.3 Å². The molecule has 1 fully saturated rings. The van der Waals surface area contributed by atoms with Gasteiger partial charge in [0.1, 0.15) is 6.61 Å². The third-order valence-electron chi connectivity index (χ3n) is 6.72. The van der Waals surface area contributed by atoms with Gasteiger partial charge in [0.05, 0.1) is 12.5 Å². The average Bonchev–Trinajstić information content (AvgIpc) is 3.17. The molecule has 0 aromatic heterocycles. The van der Waals surface area contributed by atoms with Crippen molar-refractivity contribution in [3.63, 3.8) is 0 Å². The number of benzene rings is 2. The fourth-order valence-corrected chi connectivity index (χ4v) is 4.95. The van der Waals surface area contributed by atoms with Crippen molar-refractivity contribution in [2.45, 2.75) is 43.7 Å². The number of methoxy groups -OCH3 is 1. The van der Waals surface area contributed by atoms with Crippen molar-refractivity contribution in [2.24, 2.45) is 5.92 Å². The lowest BCUT2D eigenvalue weighted by Crippen LogP contribution is -2.48. The summed E-state index contributed by atoms with van der Waals surface area (Å²) in [5.74, 6) is -1.70. The zero-order chi connectivity index (χ0) is 24.1. The third-order valence-corrected chi connectivity index (χ3v) is 6.72. The molecular weight excluding hydrogens is 436 g/mol. The molecule has 1 saturated carbocycles. The Morgan fingerprint density at radius 3 is 2.29 bits per heavy atom. The molecule has 2 aromatic rings. The van der Waals surface area contributed by atoms with Crippen LogP contribution in [0.2, 0.25) is 0 Å². The smallest absolute Gasteiger partial charge is 0.407 e. The molecule has 0 aliphatic heterocycles. The highest BCUT2D eigenvalue weighted by Crippen LogP contribution is 2.44. The molecule has 1 unspecified atom stereocenters. The summed E-state index contributed by atoms with van der Waals surface area (Å²) in [4.78, 5) is 36.2. The van der Waals surface area contributed by atoms with E-state index in [4.69, 9.17) is 9.47 Å². The second-order valence-electron chi connectivity index (χ2n) is 8.84. The van der Waals surface area contributed by atoms with Gasteiger partial charge in [-0.3, -0.25) is 9.59 Å². The van der Waals surface area contributed by atoms with E-state index < -0.39 is 24.1 Å². The number of carbonyl (C=O) groups excluding carboxylic acids is 2. The summed E-state index contributed by atoms with van der Waals surface area (Å²) in [7, 11) is 1.39. The Morgan fingerprint density at radius 1 is 1.03 bits per heavy atom. The van der Waals surface area contributed by atoms with Crippen LogP contribution in [0.1, 0.15) is 42.7 Å². The third kappa shape index (κ3) is 5.22. The second-order valence-corrected chi connectivity index (χ2v) is 8.84. The molecule has 0 bridgehead atoms. The molecule has 0 radical (unpaired) electrons. The van der Waals surface area contributed by atoms with Crippen LogP contribution < -0.4 is 10.6 Å². The molecule has 2 aliphatic rings. The number of ether oxygens (including phenoxy) is 2. The maximum atomic E-state index is 12.6. The van der Waals surface area contributed by atoms with E-state index in [9.17, 15) is 19.5 Å². The molecule has 2 aliphatic carbocycles. The van der Waals surface area contributed by atoms with Gasteiger partial charge in [0, 0.05) is 19.1 Å². The van der Waals surface area contributed by atoms with Crippen LogP contribution in [-0.4, -0.2) is 55.5 Å². The number of nitrogens with one attached hydrogen (secondary N) is 2. The maximum absolute atomic E-state index is 12.6. The lowest BCUT2D eigenvalue weighted by molar-refractivity contribution is -0.143. The van der Waals surface area contributed by atoms with Crippen LogP contribution in [0.4, 0.5) is 4.79 Å². The molecule has 180 valence electrons. The quantitative estimate of drug-likeness (QED) is 0.550. The van der Waals surface area contributed by atoms with Gasteiger partial charge in [-0.25, -0.2) is 4.79 Å². The number of carbonyl (C=O) groups is 3. The standard InChI is InChI=1S/C26H30N2O6/c1-33-23(24(29)28-17-8-6-7-16(13-17)25(30)31)14-27-26(32)34-15-22-20-11-4-2-9-18(20)19-10-3-5-12-21(19)22/h2-5,9-12,16-17,22-23H,6-8,13-15H2,1H3,(H,27,32)(H,28,29)(H,30,31)/t16-,17+,23?/m0/s1. The van der Waals surface area contributed by atoms with Gasteiger partial charge in [-0.2, -0.15) is 0 Å². The summed E-state index contributed by atoms with van der Waals surface area (Å²) >= 11 is 0. The number of hydrogen-bond donors (Lipinski definition) is 3. The summed E-state index contributed by atoms with van der Waals surface area (Å²) in [6.07, 6.45) is 0.977. The van der Waals surface area contributed by atoms with Gasteiger partial charge in [-0.05, 0) is 41.5 Å². The van der Waals surface area contributed by atoms with E-state index in [-0.39, 0.29) is 31.0 Å². The Hall–Kier alpha value is -3.39. The first kappa shape index (κ1) is 23.8. The SMILES string of the molecule is COC(CNC(=O)OCC1c2ccccc2-c2ccccc21)C(=O)N[C@@H]1CCC[C@H](C(=O)O)C1. The molecule has 0 heterocycles. The summed E-state index contributed by atoms with van der Waals surface area (Å²) in [6, 6.07) is 16.0. The van der Waals surface area contributed by atoms with Gasteiger partial charge < -0.3 is 25.2 Å². The highest BCUT2D eigenvalue weighted by molar-refractivity contribution is 5.82. The molecule has 3 atom stereocenters. The van der Waals surface area contributed by atoms with E-state index in [1.54, 1.807) is 0 Å². The first-order valence-electron chi connectivity index (χ1n) is 11.6. The number of amides is 2. The van der Waals surface area contributed by atoms with Crippen LogP contribution in [0, 0.1) is 5.92 Å². The largest absolute Gasteiger partial charge is 0.481 e. The van der Waals surface area contributed by atoms with E-state index >= 15 is 0 Å². The average molecular weight is 467 g/mol. The molecule has 3 N–H and O–H groups in total. The Kier molecular flexibility index (Phi) is 7.47. The first-order chi connectivity index (χ1) is 16.5. The number of rotatable bonds is 8. The number of alkyl carbamates (subject to hydrolysis) is 1. The minimum absolute atomic E-state index is 0.0475. The van der Waals surface area contributed by atoms with Crippen LogP contribution in [0.15, 0.2) is 48.5 Å². The normalized spacial score (nSPS) is 20.0. The number of carboxylic acids is 1. The van der Waals surface area contributed by atoms with Crippen molar-refractivity contribution in [1.82, 2.24) is 10.6 Å². The Morgan fingerprint density at radius 2 is 1.68 bits per heavy atom. The molecule has 8 nitrogen and oxygen atoms in total. The topological polar surface area (TPSA) is 114 Å². The van der Waals surface area contributed by atoms with E-state index in [2.05, 4.69) is 22.8 Å². The fraction of sp³-hybridized carbons (Fsp3) is 0.423. The van der Waals surface area contributed by atoms with E-state index in [0.717, 1.165) is 35.1 Å². The van der Waals surface area contributed by atoms with Crippen molar-refractivity contribution < 1.29 is 29.0 Å². The molecule has 4 rings (SSSR count). The Labute approximate surface area is 198 Å². The van der Waals surface area contributed by atoms with Crippen LogP contribution in [-0.2, 0) is 19.1 Å². The van der Waals surface area contributed by atoms with Crippen LogP contribution in [0.3, 0.4) is 0 Å². The minimum atomic E-state index is -0.898. The fourth-order valence-electron chi connectivity index (χ4n) is 4.95. The Balaban J connectivity index is 1.28. The summed E-state index contributed by atoms with van der Waals surface area (Å²) in [6.45, 7) is 0.135. The van der Waals surface area contributed by atoms with Crippen LogP contribution in [0.5, 0.6) is 0 Å². The van der Waals surface area contributed by atoms with E-state index in [0.29, 0.717) is 12.8 Å². The van der Waals surface area contributed by atoms with Crippen molar-refractivity contribution in [3.05, 3.63) is 59.7 Å². The lowest BCUT2D eigenvalue weighted by Gasteiger charge is -2.28.